The van der Waals surface area contributed by atoms with E-state index in [-0.39, 0.29) is 11.8 Å². The Hall–Kier alpha value is -2.77. The van der Waals surface area contributed by atoms with Gasteiger partial charge in [0.2, 0.25) is 0 Å². The second-order valence-corrected chi connectivity index (χ2v) is 7.24. The van der Waals surface area contributed by atoms with Crippen molar-refractivity contribution in [3.8, 4) is 5.75 Å². The largest absolute Gasteiger partial charge is 0.497 e. The Bertz CT molecular complexity index is 911. The number of rotatable bonds is 7. The van der Waals surface area contributed by atoms with Crippen LogP contribution in [0.3, 0.4) is 0 Å². The number of hydrogen-bond acceptors (Lipinski definition) is 5. The standard InChI is InChI=1S/C21H22N2O4S/c1-26-10-4-9-22-20(24)15-7-8-18-17(13-15)23-21(25)19(28-18)12-14-5-3-6-16(11-14)27-2/h3,5-8,11-13H,4,9-10H2,1-2H3,(H,22,24)(H,23,25)/b19-12+. The van der Waals surface area contributed by atoms with Crippen molar-refractivity contribution in [2.75, 3.05) is 32.7 Å². The van der Waals surface area contributed by atoms with Crippen LogP contribution in [0.5, 0.6) is 5.75 Å². The molecular formula is C21H22N2O4S. The van der Waals surface area contributed by atoms with E-state index in [0.717, 1.165) is 22.6 Å². The van der Waals surface area contributed by atoms with Gasteiger partial charge in [-0.25, -0.2) is 0 Å². The fraction of sp³-hybridized carbons (Fsp3) is 0.238. The fourth-order valence-corrected chi connectivity index (χ4v) is 3.64. The summed E-state index contributed by atoms with van der Waals surface area (Å²) in [6.45, 7) is 1.14. The zero-order valence-electron chi connectivity index (χ0n) is 15.8. The molecule has 146 valence electrons. The Balaban J connectivity index is 1.73. The van der Waals surface area contributed by atoms with Crippen LogP contribution in [0.25, 0.3) is 6.08 Å². The molecule has 0 fully saturated rings. The molecule has 2 aromatic rings. The van der Waals surface area contributed by atoms with Crippen LogP contribution in [0, 0.1) is 0 Å². The highest BCUT2D eigenvalue weighted by Crippen LogP contribution is 2.39. The molecule has 0 atom stereocenters. The molecule has 0 unspecified atom stereocenters. The first-order chi connectivity index (χ1) is 13.6. The first kappa shape index (κ1) is 20.0. The van der Waals surface area contributed by atoms with Crippen LogP contribution >= 0.6 is 11.8 Å². The summed E-state index contributed by atoms with van der Waals surface area (Å²) in [6.07, 6.45) is 2.57. The van der Waals surface area contributed by atoms with E-state index in [2.05, 4.69) is 10.6 Å². The van der Waals surface area contributed by atoms with Crippen LogP contribution in [-0.4, -0.2) is 39.2 Å². The van der Waals surface area contributed by atoms with Crippen LogP contribution in [0.15, 0.2) is 52.3 Å². The molecule has 6 nitrogen and oxygen atoms in total. The van der Waals surface area contributed by atoms with Crippen molar-refractivity contribution in [2.24, 2.45) is 0 Å². The Morgan fingerprint density at radius 3 is 2.86 bits per heavy atom. The number of thioether (sulfide) groups is 1. The number of carbonyl (C=O) groups is 2. The number of methoxy groups -OCH3 is 2. The van der Waals surface area contributed by atoms with Gasteiger partial charge in [-0.05, 0) is 48.4 Å². The van der Waals surface area contributed by atoms with Gasteiger partial charge >= 0.3 is 0 Å². The maximum Gasteiger partial charge on any atom is 0.262 e. The highest BCUT2D eigenvalue weighted by molar-refractivity contribution is 8.04. The molecule has 28 heavy (non-hydrogen) atoms. The molecule has 0 spiro atoms. The summed E-state index contributed by atoms with van der Waals surface area (Å²) in [4.78, 5) is 26.2. The number of amides is 2. The quantitative estimate of drug-likeness (QED) is 0.551. The topological polar surface area (TPSA) is 76.7 Å². The average molecular weight is 398 g/mol. The summed E-state index contributed by atoms with van der Waals surface area (Å²) in [7, 11) is 3.23. The number of anilines is 1. The van der Waals surface area contributed by atoms with Crippen molar-refractivity contribution >= 4 is 35.3 Å². The average Bonchev–Trinajstić information content (AvgIpc) is 2.71. The predicted octanol–water partition coefficient (Wildman–Crippen LogP) is 3.55. The van der Waals surface area contributed by atoms with E-state index in [0.29, 0.717) is 29.3 Å². The minimum atomic E-state index is -0.196. The molecule has 3 rings (SSSR count). The molecule has 2 N–H and O–H groups in total. The van der Waals surface area contributed by atoms with E-state index < -0.39 is 0 Å². The summed E-state index contributed by atoms with van der Waals surface area (Å²) < 4.78 is 10.2. The number of fused-ring (bicyclic) bond motifs is 1. The Morgan fingerprint density at radius 2 is 2.07 bits per heavy atom. The molecule has 1 aliphatic heterocycles. The van der Waals surface area contributed by atoms with E-state index in [4.69, 9.17) is 9.47 Å². The van der Waals surface area contributed by atoms with Crippen molar-refractivity contribution in [3.63, 3.8) is 0 Å². The SMILES string of the molecule is COCCCNC(=O)c1ccc2c(c1)NC(=O)/C(=C\c1cccc(OC)c1)S2. The number of nitrogens with one attached hydrogen (secondary N) is 2. The molecule has 0 bridgehead atoms. The van der Waals surface area contributed by atoms with Crippen molar-refractivity contribution in [3.05, 3.63) is 58.5 Å². The second kappa shape index (κ2) is 9.43. The Labute approximate surface area is 168 Å². The Kier molecular flexibility index (Phi) is 6.73. The van der Waals surface area contributed by atoms with Crippen LogP contribution in [0.1, 0.15) is 22.3 Å². The van der Waals surface area contributed by atoms with Crippen LogP contribution in [0.4, 0.5) is 5.69 Å². The molecule has 1 aliphatic rings. The minimum Gasteiger partial charge on any atom is -0.497 e. The Morgan fingerprint density at radius 1 is 1.21 bits per heavy atom. The molecule has 7 heteroatoms. The molecule has 2 aromatic carbocycles. The fourth-order valence-electron chi connectivity index (χ4n) is 2.70. The normalized spacial score (nSPS) is 14.4. The predicted molar refractivity (Wildman–Crippen MR) is 111 cm³/mol. The molecule has 0 radical (unpaired) electrons. The molecule has 1 heterocycles. The highest BCUT2D eigenvalue weighted by atomic mass is 32.2. The molecule has 0 saturated carbocycles. The molecule has 0 saturated heterocycles. The molecule has 0 aliphatic carbocycles. The summed E-state index contributed by atoms with van der Waals surface area (Å²) in [5.74, 6) is 0.367. The van der Waals surface area contributed by atoms with E-state index in [1.165, 1.54) is 11.8 Å². The maximum atomic E-state index is 12.5. The maximum absolute atomic E-state index is 12.5. The van der Waals surface area contributed by atoms with Crippen LogP contribution in [0.2, 0.25) is 0 Å². The number of hydrogen-bond donors (Lipinski definition) is 2. The van der Waals surface area contributed by atoms with E-state index >= 15 is 0 Å². The van der Waals surface area contributed by atoms with Gasteiger partial charge in [-0.1, -0.05) is 23.9 Å². The van der Waals surface area contributed by atoms with Crippen molar-refractivity contribution < 1.29 is 19.1 Å². The van der Waals surface area contributed by atoms with Crippen molar-refractivity contribution in [1.82, 2.24) is 5.32 Å². The molecule has 2 amide bonds. The van der Waals surface area contributed by atoms with E-state index in [1.807, 2.05) is 36.4 Å². The van der Waals surface area contributed by atoms with E-state index in [9.17, 15) is 9.59 Å². The summed E-state index contributed by atoms with van der Waals surface area (Å²) in [5.41, 5.74) is 2.03. The monoisotopic (exact) mass is 398 g/mol. The van der Waals surface area contributed by atoms with Crippen LogP contribution in [-0.2, 0) is 9.53 Å². The van der Waals surface area contributed by atoms with Crippen molar-refractivity contribution in [1.29, 1.82) is 0 Å². The lowest BCUT2D eigenvalue weighted by Crippen LogP contribution is -2.25. The van der Waals surface area contributed by atoms with Gasteiger partial charge in [-0.2, -0.15) is 0 Å². The summed E-state index contributed by atoms with van der Waals surface area (Å²) >= 11 is 1.38. The first-order valence-electron chi connectivity index (χ1n) is 8.87. The van der Waals surface area contributed by atoms with Gasteiger partial charge in [-0.3, -0.25) is 9.59 Å². The van der Waals surface area contributed by atoms with Gasteiger partial charge in [0.05, 0.1) is 17.7 Å². The van der Waals surface area contributed by atoms with Gasteiger partial charge in [0.1, 0.15) is 5.75 Å². The lowest BCUT2D eigenvalue weighted by atomic mass is 10.1. The lowest BCUT2D eigenvalue weighted by Gasteiger charge is -2.19. The first-order valence-corrected chi connectivity index (χ1v) is 9.68. The van der Waals surface area contributed by atoms with E-state index in [1.54, 1.807) is 26.4 Å². The third kappa shape index (κ3) is 4.94. The lowest BCUT2D eigenvalue weighted by molar-refractivity contribution is -0.112. The van der Waals surface area contributed by atoms with Gasteiger partial charge < -0.3 is 20.1 Å². The second-order valence-electron chi connectivity index (χ2n) is 6.15. The number of ether oxygens (including phenoxy) is 2. The van der Waals surface area contributed by atoms with Gasteiger partial charge in [0, 0.05) is 30.7 Å². The van der Waals surface area contributed by atoms with Crippen LogP contribution < -0.4 is 15.4 Å². The zero-order chi connectivity index (χ0) is 19.9. The zero-order valence-corrected chi connectivity index (χ0v) is 16.6. The minimum absolute atomic E-state index is 0.170. The summed E-state index contributed by atoms with van der Waals surface area (Å²) in [6, 6.07) is 12.8. The molecule has 0 aromatic heterocycles. The highest BCUT2D eigenvalue weighted by Gasteiger charge is 2.22. The van der Waals surface area contributed by atoms with Crippen molar-refractivity contribution in [2.45, 2.75) is 11.3 Å². The number of benzene rings is 2. The smallest absolute Gasteiger partial charge is 0.262 e. The third-order valence-corrected chi connectivity index (χ3v) is 5.24. The van der Waals surface area contributed by atoms with Gasteiger partial charge in [0.25, 0.3) is 11.8 Å². The summed E-state index contributed by atoms with van der Waals surface area (Å²) in [5, 5.41) is 5.71. The third-order valence-electron chi connectivity index (χ3n) is 4.14. The van der Waals surface area contributed by atoms with Gasteiger partial charge in [-0.15, -0.1) is 0 Å². The van der Waals surface area contributed by atoms with Gasteiger partial charge in [0.15, 0.2) is 0 Å². The number of carbonyl (C=O) groups excluding carboxylic acids is 2. The molecular weight excluding hydrogens is 376 g/mol.